The van der Waals surface area contributed by atoms with Gasteiger partial charge in [-0.1, -0.05) is 31.2 Å². The molecule has 2 rings (SSSR count). The second-order valence-corrected chi connectivity index (χ2v) is 5.42. The van der Waals surface area contributed by atoms with Gasteiger partial charge in [-0.15, -0.1) is 0 Å². The zero-order valence-electron chi connectivity index (χ0n) is 10.8. The Bertz CT molecular complexity index is 327. The molecule has 1 aliphatic heterocycles. The topological polar surface area (TPSA) is 3.24 Å². The van der Waals surface area contributed by atoms with E-state index in [0.717, 1.165) is 0 Å². The molecule has 0 aromatic heterocycles. The highest BCUT2D eigenvalue weighted by Crippen LogP contribution is 2.23. The van der Waals surface area contributed by atoms with E-state index in [1.165, 1.54) is 32.4 Å². The van der Waals surface area contributed by atoms with E-state index in [0.29, 0.717) is 5.54 Å². The molecule has 1 nitrogen and oxygen atoms in total. The maximum atomic E-state index is 2.65. The zero-order chi connectivity index (χ0) is 11.6. The van der Waals surface area contributed by atoms with E-state index in [1.807, 2.05) is 0 Å². The quantitative estimate of drug-likeness (QED) is 0.735. The first-order valence-electron chi connectivity index (χ1n) is 6.45. The van der Waals surface area contributed by atoms with Crippen molar-refractivity contribution in [2.75, 3.05) is 13.1 Å². The van der Waals surface area contributed by atoms with E-state index in [-0.39, 0.29) is 0 Å². The Morgan fingerprint density at radius 2 is 1.56 bits per heavy atom. The molecule has 0 bridgehead atoms. The lowest BCUT2D eigenvalue weighted by molar-refractivity contribution is 0.122. The smallest absolute Gasteiger partial charge is 0.0150 e. The van der Waals surface area contributed by atoms with Gasteiger partial charge in [0.05, 0.1) is 0 Å². The molecular weight excluding hydrogens is 194 g/mol. The van der Waals surface area contributed by atoms with E-state index >= 15 is 0 Å². The Balaban J connectivity index is 2.13. The first-order chi connectivity index (χ1) is 7.63. The average Bonchev–Trinajstić information content (AvgIpc) is 2.51. The fraction of sp³-hybridized carbons (Fsp3) is 0.600. The van der Waals surface area contributed by atoms with Crippen LogP contribution < -0.4 is 0 Å². The van der Waals surface area contributed by atoms with Gasteiger partial charge in [-0.25, -0.2) is 0 Å². The van der Waals surface area contributed by atoms with Gasteiger partial charge < -0.3 is 0 Å². The third-order valence-electron chi connectivity index (χ3n) is 4.14. The minimum absolute atomic E-state index is 0.349. The zero-order valence-corrected chi connectivity index (χ0v) is 10.8. The molecule has 1 heteroatoms. The molecule has 0 atom stereocenters. The molecule has 0 N–H and O–H groups in total. The highest BCUT2D eigenvalue weighted by molar-refractivity contribution is 5.28. The van der Waals surface area contributed by atoms with Crippen LogP contribution in [0.5, 0.6) is 0 Å². The van der Waals surface area contributed by atoms with Crippen LogP contribution in [-0.4, -0.2) is 23.5 Å². The number of fused-ring (bicyclic) bond motifs is 1. The van der Waals surface area contributed by atoms with Crippen LogP contribution in [0, 0.1) is 0 Å². The Hall–Kier alpha value is -0.820. The lowest BCUT2D eigenvalue weighted by Gasteiger charge is -2.37. The summed E-state index contributed by atoms with van der Waals surface area (Å²) in [5.74, 6) is 0. The first kappa shape index (κ1) is 11.7. The van der Waals surface area contributed by atoms with Gasteiger partial charge in [0.2, 0.25) is 0 Å². The molecule has 1 aliphatic rings. The van der Waals surface area contributed by atoms with Gasteiger partial charge in [0.15, 0.2) is 0 Å². The minimum Gasteiger partial charge on any atom is -0.298 e. The first-order valence-corrected chi connectivity index (χ1v) is 6.45. The molecular formula is C15H23N. The normalized spacial score (nSPS) is 17.9. The molecule has 0 aliphatic carbocycles. The predicted octanol–water partition coefficient (Wildman–Crippen LogP) is 3.28. The lowest BCUT2D eigenvalue weighted by atomic mass is 9.99. The van der Waals surface area contributed by atoms with Crippen molar-refractivity contribution in [1.29, 1.82) is 0 Å². The maximum absolute atomic E-state index is 2.65. The van der Waals surface area contributed by atoms with Crippen LogP contribution in [0.3, 0.4) is 0 Å². The molecule has 0 amide bonds. The Morgan fingerprint density at radius 3 is 2.00 bits per heavy atom. The summed E-state index contributed by atoms with van der Waals surface area (Å²) in [6.45, 7) is 9.43. The molecule has 88 valence electrons. The lowest BCUT2D eigenvalue weighted by Crippen LogP contribution is -2.44. The van der Waals surface area contributed by atoms with Crippen LogP contribution >= 0.6 is 0 Å². The Morgan fingerprint density at radius 1 is 1.06 bits per heavy atom. The molecule has 0 saturated heterocycles. The van der Waals surface area contributed by atoms with E-state index in [4.69, 9.17) is 0 Å². The van der Waals surface area contributed by atoms with Gasteiger partial charge in [0, 0.05) is 18.6 Å². The molecule has 0 unspecified atom stereocenters. The van der Waals surface area contributed by atoms with Gasteiger partial charge in [0.1, 0.15) is 0 Å². The van der Waals surface area contributed by atoms with Crippen molar-refractivity contribution in [1.82, 2.24) is 4.90 Å². The van der Waals surface area contributed by atoms with Gasteiger partial charge in [-0.05, 0) is 44.2 Å². The van der Waals surface area contributed by atoms with E-state index in [1.54, 1.807) is 11.1 Å². The summed E-state index contributed by atoms with van der Waals surface area (Å²) in [5, 5.41) is 0. The summed E-state index contributed by atoms with van der Waals surface area (Å²) in [6.07, 6.45) is 3.64. The Labute approximate surface area is 99.5 Å². The summed E-state index contributed by atoms with van der Waals surface area (Å²) in [7, 11) is 0. The minimum atomic E-state index is 0.349. The summed E-state index contributed by atoms with van der Waals surface area (Å²) in [4.78, 5) is 2.65. The van der Waals surface area contributed by atoms with Crippen molar-refractivity contribution < 1.29 is 0 Å². The van der Waals surface area contributed by atoms with Gasteiger partial charge in [-0.2, -0.15) is 0 Å². The fourth-order valence-electron chi connectivity index (χ4n) is 2.50. The van der Waals surface area contributed by atoms with Gasteiger partial charge >= 0.3 is 0 Å². The third-order valence-corrected chi connectivity index (χ3v) is 4.14. The summed E-state index contributed by atoms with van der Waals surface area (Å²) in [6, 6.07) is 8.91. The standard InChI is InChI=1S/C15H23N/c1-4-15(2,3)16-11-9-13-7-5-6-8-14(13)10-12-16/h5-8H,4,9-12H2,1-3H3. The SMILES string of the molecule is CCC(C)(C)N1CCc2ccccc2CC1. The molecule has 1 aromatic carbocycles. The largest absolute Gasteiger partial charge is 0.298 e. The van der Waals surface area contributed by atoms with Crippen molar-refractivity contribution >= 4 is 0 Å². The van der Waals surface area contributed by atoms with Crippen LogP contribution in [0.15, 0.2) is 24.3 Å². The van der Waals surface area contributed by atoms with Crippen molar-refractivity contribution in [2.45, 2.75) is 45.6 Å². The number of hydrogen-bond acceptors (Lipinski definition) is 1. The molecule has 1 heterocycles. The molecule has 0 fully saturated rings. The Kier molecular flexibility index (Phi) is 3.34. The number of benzene rings is 1. The van der Waals surface area contributed by atoms with E-state index in [9.17, 15) is 0 Å². The van der Waals surface area contributed by atoms with Crippen LogP contribution in [0.1, 0.15) is 38.3 Å². The highest BCUT2D eigenvalue weighted by atomic mass is 15.2. The van der Waals surface area contributed by atoms with E-state index < -0.39 is 0 Å². The summed E-state index contributed by atoms with van der Waals surface area (Å²) >= 11 is 0. The molecule has 1 aromatic rings. The maximum Gasteiger partial charge on any atom is 0.0150 e. The fourth-order valence-corrected chi connectivity index (χ4v) is 2.50. The number of rotatable bonds is 2. The molecule has 0 saturated carbocycles. The highest BCUT2D eigenvalue weighted by Gasteiger charge is 2.26. The molecule has 0 radical (unpaired) electrons. The molecule has 16 heavy (non-hydrogen) atoms. The van der Waals surface area contributed by atoms with Crippen molar-refractivity contribution in [3.05, 3.63) is 35.4 Å². The van der Waals surface area contributed by atoms with Gasteiger partial charge in [0.25, 0.3) is 0 Å². The third kappa shape index (κ3) is 2.30. The average molecular weight is 217 g/mol. The van der Waals surface area contributed by atoms with Crippen LogP contribution in [-0.2, 0) is 12.8 Å². The van der Waals surface area contributed by atoms with Crippen molar-refractivity contribution in [3.63, 3.8) is 0 Å². The van der Waals surface area contributed by atoms with Crippen LogP contribution in [0.4, 0.5) is 0 Å². The van der Waals surface area contributed by atoms with Crippen LogP contribution in [0.2, 0.25) is 0 Å². The molecule has 0 spiro atoms. The number of hydrogen-bond donors (Lipinski definition) is 0. The number of nitrogens with zero attached hydrogens (tertiary/aromatic N) is 1. The summed E-state index contributed by atoms with van der Waals surface area (Å²) < 4.78 is 0. The monoisotopic (exact) mass is 217 g/mol. The predicted molar refractivity (Wildman–Crippen MR) is 69.8 cm³/mol. The van der Waals surface area contributed by atoms with Crippen molar-refractivity contribution in [3.8, 4) is 0 Å². The van der Waals surface area contributed by atoms with E-state index in [2.05, 4.69) is 49.9 Å². The van der Waals surface area contributed by atoms with Gasteiger partial charge in [-0.3, -0.25) is 4.90 Å². The summed E-state index contributed by atoms with van der Waals surface area (Å²) in [5.41, 5.74) is 3.45. The van der Waals surface area contributed by atoms with Crippen molar-refractivity contribution in [2.24, 2.45) is 0 Å². The second kappa shape index (κ2) is 4.58. The second-order valence-electron chi connectivity index (χ2n) is 5.42. The van der Waals surface area contributed by atoms with Crippen LogP contribution in [0.25, 0.3) is 0 Å².